The van der Waals surface area contributed by atoms with Gasteiger partial charge in [0.2, 0.25) is 11.8 Å². The number of fused-ring (bicyclic) bond motifs is 1. The Balaban J connectivity index is 2.40. The SMILES string of the molecule is COC(=O)NC(=O)CC1C(=O)N(C)C(=O)c2cc(Cl)c(Cl)cc21. The van der Waals surface area contributed by atoms with Crippen LogP contribution in [0.25, 0.3) is 0 Å². The Labute approximate surface area is 141 Å². The molecule has 1 unspecified atom stereocenters. The molecule has 122 valence electrons. The fraction of sp³-hybridized carbons (Fsp3) is 0.286. The molecule has 1 N–H and O–H groups in total. The number of alkyl carbamates (subject to hydrolysis) is 1. The van der Waals surface area contributed by atoms with E-state index in [1.807, 2.05) is 5.32 Å². The zero-order chi connectivity index (χ0) is 17.3. The molecule has 7 nitrogen and oxygen atoms in total. The van der Waals surface area contributed by atoms with Crippen molar-refractivity contribution in [2.24, 2.45) is 0 Å². The topological polar surface area (TPSA) is 92.8 Å². The van der Waals surface area contributed by atoms with Crippen LogP contribution < -0.4 is 5.32 Å². The zero-order valence-corrected chi connectivity index (χ0v) is 13.7. The van der Waals surface area contributed by atoms with Crippen molar-refractivity contribution in [2.45, 2.75) is 12.3 Å². The Bertz CT molecular complexity index is 719. The molecule has 0 fully saturated rings. The number of nitrogens with zero attached hydrogens (tertiary/aromatic N) is 1. The van der Waals surface area contributed by atoms with Crippen LogP contribution in [0.2, 0.25) is 10.0 Å². The number of nitrogens with one attached hydrogen (secondary N) is 1. The number of hydrogen-bond acceptors (Lipinski definition) is 5. The summed E-state index contributed by atoms with van der Waals surface area (Å²) in [7, 11) is 2.42. The van der Waals surface area contributed by atoms with Gasteiger partial charge in [-0.1, -0.05) is 23.2 Å². The lowest BCUT2D eigenvalue weighted by molar-refractivity contribution is -0.132. The Hall–Kier alpha value is -2.12. The summed E-state index contributed by atoms with van der Waals surface area (Å²) in [5.41, 5.74) is 0.491. The number of carbonyl (C=O) groups is 4. The Morgan fingerprint density at radius 1 is 1.26 bits per heavy atom. The average molecular weight is 359 g/mol. The van der Waals surface area contributed by atoms with Crippen LogP contribution in [0.5, 0.6) is 0 Å². The predicted octanol–water partition coefficient (Wildman–Crippen LogP) is 1.96. The van der Waals surface area contributed by atoms with Crippen LogP contribution in [0.3, 0.4) is 0 Å². The predicted molar refractivity (Wildman–Crippen MR) is 81.5 cm³/mol. The smallest absolute Gasteiger partial charge is 0.413 e. The molecule has 9 heteroatoms. The summed E-state index contributed by atoms with van der Waals surface area (Å²) in [5, 5.41) is 2.29. The van der Waals surface area contributed by atoms with Crippen LogP contribution in [0.15, 0.2) is 12.1 Å². The summed E-state index contributed by atoms with van der Waals surface area (Å²) in [6.45, 7) is 0. The quantitative estimate of drug-likeness (QED) is 0.815. The number of likely N-dealkylation sites (N-methyl/N-ethyl adjacent to an activating group) is 1. The van der Waals surface area contributed by atoms with Crippen molar-refractivity contribution in [3.05, 3.63) is 33.3 Å². The number of methoxy groups -OCH3 is 1. The van der Waals surface area contributed by atoms with E-state index < -0.39 is 29.7 Å². The lowest BCUT2D eigenvalue weighted by Gasteiger charge is -2.30. The van der Waals surface area contributed by atoms with Gasteiger partial charge >= 0.3 is 6.09 Å². The van der Waals surface area contributed by atoms with Crippen LogP contribution in [0.1, 0.15) is 28.3 Å². The summed E-state index contributed by atoms with van der Waals surface area (Å²) < 4.78 is 4.32. The minimum atomic E-state index is -0.952. The van der Waals surface area contributed by atoms with Crippen molar-refractivity contribution >= 4 is 47.0 Å². The molecule has 1 atom stereocenters. The van der Waals surface area contributed by atoms with E-state index in [1.54, 1.807) is 0 Å². The minimum Gasteiger partial charge on any atom is -0.453 e. The normalized spacial score (nSPS) is 16.9. The first kappa shape index (κ1) is 17.2. The molecule has 0 saturated carbocycles. The highest BCUT2D eigenvalue weighted by molar-refractivity contribution is 6.42. The van der Waals surface area contributed by atoms with Gasteiger partial charge in [-0.15, -0.1) is 0 Å². The lowest BCUT2D eigenvalue weighted by Crippen LogP contribution is -2.44. The number of ether oxygens (including phenoxy) is 1. The molecule has 1 heterocycles. The molecule has 0 aliphatic carbocycles. The van der Waals surface area contributed by atoms with Gasteiger partial charge in [-0.3, -0.25) is 24.6 Å². The van der Waals surface area contributed by atoms with Gasteiger partial charge in [0.25, 0.3) is 5.91 Å². The maximum absolute atomic E-state index is 12.3. The molecular weight excluding hydrogens is 347 g/mol. The summed E-state index contributed by atoms with van der Waals surface area (Å²) in [6, 6.07) is 2.74. The van der Waals surface area contributed by atoms with Crippen molar-refractivity contribution in [2.75, 3.05) is 14.2 Å². The fourth-order valence-electron chi connectivity index (χ4n) is 2.28. The number of imide groups is 2. The summed E-state index contributed by atoms with van der Waals surface area (Å²) in [5.74, 6) is -2.77. The first-order valence-corrected chi connectivity index (χ1v) is 7.20. The second kappa shape index (κ2) is 6.55. The average Bonchev–Trinajstić information content (AvgIpc) is 2.51. The first-order chi connectivity index (χ1) is 10.8. The molecule has 1 aromatic rings. The van der Waals surface area contributed by atoms with Crippen molar-refractivity contribution in [3.8, 4) is 0 Å². The number of carbonyl (C=O) groups excluding carboxylic acids is 4. The van der Waals surface area contributed by atoms with E-state index >= 15 is 0 Å². The van der Waals surface area contributed by atoms with Gasteiger partial charge in [-0.25, -0.2) is 4.79 Å². The Morgan fingerprint density at radius 2 is 1.87 bits per heavy atom. The van der Waals surface area contributed by atoms with E-state index in [2.05, 4.69) is 4.74 Å². The van der Waals surface area contributed by atoms with Gasteiger partial charge in [-0.05, 0) is 17.7 Å². The monoisotopic (exact) mass is 358 g/mol. The van der Waals surface area contributed by atoms with Gasteiger partial charge in [0.1, 0.15) is 0 Å². The molecule has 1 aromatic carbocycles. The van der Waals surface area contributed by atoms with E-state index in [-0.39, 0.29) is 22.0 Å². The van der Waals surface area contributed by atoms with E-state index in [0.29, 0.717) is 5.56 Å². The van der Waals surface area contributed by atoms with E-state index in [9.17, 15) is 19.2 Å². The Morgan fingerprint density at radius 3 is 2.48 bits per heavy atom. The number of halogens is 2. The minimum absolute atomic E-state index is 0.161. The molecule has 0 aromatic heterocycles. The number of amides is 4. The molecule has 1 aliphatic heterocycles. The summed E-state index contributed by atoms with van der Waals surface area (Å²) in [4.78, 5) is 48.3. The van der Waals surface area contributed by atoms with Gasteiger partial charge in [0, 0.05) is 19.0 Å². The number of rotatable bonds is 2. The van der Waals surface area contributed by atoms with Crippen molar-refractivity contribution in [1.82, 2.24) is 10.2 Å². The van der Waals surface area contributed by atoms with Gasteiger partial charge in [0.15, 0.2) is 0 Å². The molecule has 0 radical (unpaired) electrons. The molecule has 23 heavy (non-hydrogen) atoms. The highest BCUT2D eigenvalue weighted by atomic mass is 35.5. The lowest BCUT2D eigenvalue weighted by atomic mass is 9.86. The Kier molecular flexibility index (Phi) is 4.91. The largest absolute Gasteiger partial charge is 0.453 e. The van der Waals surface area contributed by atoms with Gasteiger partial charge in [-0.2, -0.15) is 0 Å². The summed E-state index contributed by atoms with van der Waals surface area (Å²) in [6.07, 6.45) is -1.27. The maximum atomic E-state index is 12.3. The molecule has 2 rings (SSSR count). The molecular formula is C14H12Cl2N2O5. The zero-order valence-electron chi connectivity index (χ0n) is 12.2. The van der Waals surface area contributed by atoms with E-state index in [0.717, 1.165) is 12.0 Å². The molecule has 0 saturated heterocycles. The molecule has 1 aliphatic rings. The van der Waals surface area contributed by atoms with Crippen molar-refractivity contribution in [3.63, 3.8) is 0 Å². The van der Waals surface area contributed by atoms with Gasteiger partial charge < -0.3 is 4.74 Å². The number of benzene rings is 1. The van der Waals surface area contributed by atoms with Gasteiger partial charge in [0.05, 0.1) is 23.1 Å². The summed E-state index contributed by atoms with van der Waals surface area (Å²) >= 11 is 11.9. The van der Waals surface area contributed by atoms with Crippen LogP contribution >= 0.6 is 23.2 Å². The number of hydrogen-bond donors (Lipinski definition) is 1. The van der Waals surface area contributed by atoms with Crippen LogP contribution in [-0.4, -0.2) is 42.9 Å². The van der Waals surface area contributed by atoms with Crippen LogP contribution in [0, 0.1) is 0 Å². The highest BCUT2D eigenvalue weighted by Crippen LogP contribution is 2.36. The third-order valence-corrected chi connectivity index (χ3v) is 4.17. The first-order valence-electron chi connectivity index (χ1n) is 6.45. The molecule has 0 spiro atoms. The van der Waals surface area contributed by atoms with E-state index in [4.69, 9.17) is 23.2 Å². The van der Waals surface area contributed by atoms with Crippen LogP contribution in [0.4, 0.5) is 4.79 Å². The maximum Gasteiger partial charge on any atom is 0.413 e. The van der Waals surface area contributed by atoms with Crippen molar-refractivity contribution in [1.29, 1.82) is 0 Å². The molecule has 0 bridgehead atoms. The third-order valence-electron chi connectivity index (χ3n) is 3.45. The van der Waals surface area contributed by atoms with Crippen molar-refractivity contribution < 1.29 is 23.9 Å². The highest BCUT2D eigenvalue weighted by Gasteiger charge is 2.38. The fourth-order valence-corrected chi connectivity index (χ4v) is 2.62. The van der Waals surface area contributed by atoms with Crippen LogP contribution in [-0.2, 0) is 14.3 Å². The van der Waals surface area contributed by atoms with E-state index in [1.165, 1.54) is 19.2 Å². The molecule has 4 amide bonds. The second-order valence-electron chi connectivity index (χ2n) is 4.85. The third kappa shape index (κ3) is 3.30. The second-order valence-corrected chi connectivity index (χ2v) is 5.67. The standard InChI is InChI=1S/C14H12Cl2N2O5/c1-18-12(20)7-4-10(16)9(15)3-6(7)8(13(18)21)5-11(19)17-14(22)23-2/h3-4,8H,5H2,1-2H3,(H,17,19,22).